The Labute approximate surface area is 241 Å². The van der Waals surface area contributed by atoms with E-state index in [0.717, 1.165) is 45.4 Å². The molecule has 41 heavy (non-hydrogen) atoms. The highest BCUT2D eigenvalue weighted by Gasteiger charge is 2.48. The van der Waals surface area contributed by atoms with E-state index in [1.807, 2.05) is 11.1 Å². The van der Waals surface area contributed by atoms with Crippen LogP contribution in [0.4, 0.5) is 13.2 Å². The van der Waals surface area contributed by atoms with Gasteiger partial charge in [0.25, 0.3) is 0 Å². The molecule has 0 aromatic rings. The third-order valence-corrected chi connectivity index (χ3v) is 9.92. The Bertz CT molecular complexity index is 1160. The Hall–Kier alpha value is -2.36. The minimum atomic E-state index is -4.49. The average Bonchev–Trinajstić information content (AvgIpc) is 3.47. The van der Waals surface area contributed by atoms with Crippen LogP contribution in [0.15, 0.2) is 47.7 Å². The zero-order valence-corrected chi connectivity index (χ0v) is 24.0. The van der Waals surface area contributed by atoms with Crippen molar-refractivity contribution >= 4 is 0 Å². The molecule has 5 heterocycles. The smallest absolute Gasteiger partial charge is 0.381 e. The summed E-state index contributed by atoms with van der Waals surface area (Å²) in [5.41, 5.74) is 6.81. The number of ether oxygens (including phenoxy) is 1. The van der Waals surface area contributed by atoms with Crippen LogP contribution in [0.5, 0.6) is 0 Å². The first kappa shape index (κ1) is 28.7. The standard InChI is InChI=1S/C30H42F3N7O/c1-19-5-4-6-38(12-19)13-22-9-26(30(31,32)33)27-15-39(20(2)40(27)14-22)25-8-21(11-34)7-23(10-25)28(24-16-41-17-24)29-36-35-18-37(29)3/h9,14-15,19,21,23-25,28-29,35-36H,2,4-8,10,12-13,16-18H2,1,3H3. The predicted octanol–water partition coefficient (Wildman–Crippen LogP) is 3.93. The molecule has 3 saturated heterocycles. The van der Waals surface area contributed by atoms with Crippen LogP contribution in [0, 0.1) is 40.9 Å². The van der Waals surface area contributed by atoms with Crippen LogP contribution in [-0.4, -0.2) is 84.5 Å². The van der Waals surface area contributed by atoms with Gasteiger partial charge in [-0.3, -0.25) is 9.80 Å². The maximum atomic E-state index is 14.4. The van der Waals surface area contributed by atoms with E-state index in [4.69, 9.17) is 4.74 Å². The molecule has 8 nitrogen and oxygen atoms in total. The fraction of sp³-hybridized carbons (Fsp3) is 0.700. The maximum absolute atomic E-state index is 14.4. The fourth-order valence-electron chi connectivity index (χ4n) is 7.88. The number of nitrogens with zero attached hydrogens (tertiary/aromatic N) is 5. The third-order valence-electron chi connectivity index (χ3n) is 9.92. The van der Waals surface area contributed by atoms with Gasteiger partial charge in [0, 0.05) is 43.4 Å². The maximum Gasteiger partial charge on any atom is 0.418 e. The molecule has 0 radical (unpaired) electrons. The van der Waals surface area contributed by atoms with E-state index < -0.39 is 11.7 Å². The van der Waals surface area contributed by atoms with E-state index in [0.29, 0.717) is 49.4 Å². The molecule has 1 saturated carbocycles. The molecule has 224 valence electrons. The number of nitriles is 1. The van der Waals surface area contributed by atoms with Crippen molar-refractivity contribution in [3.63, 3.8) is 0 Å². The Kier molecular flexibility index (Phi) is 7.98. The van der Waals surface area contributed by atoms with Gasteiger partial charge >= 0.3 is 6.18 Å². The van der Waals surface area contributed by atoms with Gasteiger partial charge in [0.2, 0.25) is 0 Å². The fourth-order valence-corrected chi connectivity index (χ4v) is 7.88. The number of nitrogens with one attached hydrogen (secondary N) is 2. The van der Waals surface area contributed by atoms with E-state index in [9.17, 15) is 18.4 Å². The number of piperidine rings is 1. The summed E-state index contributed by atoms with van der Waals surface area (Å²) >= 11 is 0. The molecule has 6 aliphatic rings. The van der Waals surface area contributed by atoms with Crippen LogP contribution >= 0.6 is 0 Å². The molecule has 6 atom stereocenters. The summed E-state index contributed by atoms with van der Waals surface area (Å²) in [5, 5.41) is 10.1. The summed E-state index contributed by atoms with van der Waals surface area (Å²) in [6, 6.07) is 2.40. The molecule has 2 N–H and O–H groups in total. The number of likely N-dealkylation sites (tertiary alicyclic amines) is 1. The van der Waals surface area contributed by atoms with E-state index in [1.165, 1.54) is 6.08 Å². The third kappa shape index (κ3) is 5.69. The molecule has 5 aliphatic heterocycles. The zero-order chi connectivity index (χ0) is 28.9. The van der Waals surface area contributed by atoms with Gasteiger partial charge in [0.1, 0.15) is 5.82 Å². The average molecular weight is 574 g/mol. The molecule has 0 spiro atoms. The van der Waals surface area contributed by atoms with Gasteiger partial charge in [0.15, 0.2) is 0 Å². The summed E-state index contributed by atoms with van der Waals surface area (Å²) < 4.78 is 48.8. The number of rotatable bonds is 6. The molecular weight excluding hydrogens is 531 g/mol. The Morgan fingerprint density at radius 1 is 1.20 bits per heavy atom. The van der Waals surface area contributed by atoms with Crippen LogP contribution in [-0.2, 0) is 4.74 Å². The quantitative estimate of drug-likeness (QED) is 0.496. The first-order chi connectivity index (χ1) is 19.6. The lowest BCUT2D eigenvalue weighted by Gasteiger charge is -2.47. The monoisotopic (exact) mass is 573 g/mol. The van der Waals surface area contributed by atoms with Crippen molar-refractivity contribution in [1.82, 2.24) is 30.5 Å². The van der Waals surface area contributed by atoms with Gasteiger partial charge in [0.05, 0.1) is 43.4 Å². The minimum Gasteiger partial charge on any atom is -0.381 e. The Balaban J connectivity index is 1.26. The lowest BCUT2D eigenvalue weighted by atomic mass is 9.67. The number of hydrogen-bond acceptors (Lipinski definition) is 8. The summed E-state index contributed by atoms with van der Waals surface area (Å²) in [5.74, 6) is 1.77. The van der Waals surface area contributed by atoms with Crippen LogP contribution in [0.25, 0.3) is 0 Å². The molecule has 0 aromatic carbocycles. The molecule has 0 bridgehead atoms. The molecular formula is C30H42F3N7O. The largest absolute Gasteiger partial charge is 0.418 e. The highest BCUT2D eigenvalue weighted by atomic mass is 19.4. The van der Waals surface area contributed by atoms with Crippen molar-refractivity contribution in [1.29, 1.82) is 5.26 Å². The second-order valence-electron chi connectivity index (χ2n) is 13.0. The van der Waals surface area contributed by atoms with E-state index in [-0.39, 0.29) is 35.7 Å². The van der Waals surface area contributed by atoms with Crippen molar-refractivity contribution in [2.24, 2.45) is 29.6 Å². The second kappa shape index (κ2) is 11.4. The number of halogens is 3. The highest BCUT2D eigenvalue weighted by Crippen LogP contribution is 2.47. The number of fused-ring (bicyclic) bond motifs is 1. The molecule has 0 aromatic heterocycles. The Morgan fingerprint density at radius 3 is 2.63 bits per heavy atom. The van der Waals surface area contributed by atoms with Crippen molar-refractivity contribution in [2.75, 3.05) is 46.6 Å². The predicted molar refractivity (Wildman–Crippen MR) is 149 cm³/mol. The molecule has 6 rings (SSSR count). The SMILES string of the molecule is C=C1N2C=C(CN3CCCC(C)C3)C=C(C(F)(F)F)C2=CN1C1CC(C#N)CC(C(C2COC2)C2NNCN2C)C1. The highest BCUT2D eigenvalue weighted by molar-refractivity contribution is 5.49. The van der Waals surface area contributed by atoms with Gasteiger partial charge in [-0.25, -0.2) is 10.9 Å². The number of hydrazine groups is 1. The van der Waals surface area contributed by atoms with Gasteiger partial charge < -0.3 is 14.5 Å². The first-order valence-corrected chi connectivity index (χ1v) is 15.0. The molecule has 6 unspecified atom stereocenters. The second-order valence-corrected chi connectivity index (χ2v) is 13.0. The normalized spacial score (nSPS) is 34.5. The van der Waals surface area contributed by atoms with Crippen LogP contribution in [0.3, 0.4) is 0 Å². The van der Waals surface area contributed by atoms with Crippen LogP contribution < -0.4 is 10.9 Å². The number of hydrogen-bond donors (Lipinski definition) is 2. The molecule has 1 aliphatic carbocycles. The molecule has 0 amide bonds. The summed E-state index contributed by atoms with van der Waals surface area (Å²) in [6.45, 7) is 10.9. The lowest BCUT2D eigenvalue weighted by Crippen LogP contribution is -2.54. The molecule has 11 heteroatoms. The van der Waals surface area contributed by atoms with Gasteiger partial charge in [-0.1, -0.05) is 13.5 Å². The number of allylic oxidation sites excluding steroid dienone is 1. The Morgan fingerprint density at radius 2 is 2.00 bits per heavy atom. The summed E-state index contributed by atoms with van der Waals surface area (Å²) in [7, 11) is 2.08. The van der Waals surface area contributed by atoms with E-state index in [1.54, 1.807) is 11.1 Å². The van der Waals surface area contributed by atoms with Crippen molar-refractivity contribution in [3.8, 4) is 6.07 Å². The van der Waals surface area contributed by atoms with Gasteiger partial charge in [-0.15, -0.1) is 0 Å². The topological polar surface area (TPSA) is 70.0 Å². The minimum absolute atomic E-state index is 0.110. The van der Waals surface area contributed by atoms with E-state index >= 15 is 0 Å². The van der Waals surface area contributed by atoms with Crippen molar-refractivity contribution in [3.05, 3.63) is 47.7 Å². The van der Waals surface area contributed by atoms with Crippen molar-refractivity contribution in [2.45, 2.75) is 57.4 Å². The van der Waals surface area contributed by atoms with E-state index in [2.05, 4.69) is 47.3 Å². The first-order valence-electron chi connectivity index (χ1n) is 15.0. The zero-order valence-electron chi connectivity index (χ0n) is 24.0. The molecule has 4 fully saturated rings. The van der Waals surface area contributed by atoms with Gasteiger partial charge in [-0.05, 0) is 75.1 Å². The van der Waals surface area contributed by atoms with Crippen LogP contribution in [0.1, 0.15) is 39.0 Å². The summed E-state index contributed by atoms with van der Waals surface area (Å²) in [6.07, 6.45) is 4.82. The van der Waals surface area contributed by atoms with Crippen molar-refractivity contribution < 1.29 is 17.9 Å². The van der Waals surface area contributed by atoms with Gasteiger partial charge in [-0.2, -0.15) is 18.4 Å². The number of alkyl halides is 3. The lowest BCUT2D eigenvalue weighted by molar-refractivity contribution is -0.0998. The van der Waals surface area contributed by atoms with Crippen LogP contribution in [0.2, 0.25) is 0 Å². The summed E-state index contributed by atoms with van der Waals surface area (Å²) in [4.78, 5) is 8.06.